The van der Waals surface area contributed by atoms with Gasteiger partial charge in [0.15, 0.2) is 0 Å². The number of carbonyl (C=O) groups is 2. The van der Waals surface area contributed by atoms with Crippen molar-refractivity contribution < 1.29 is 32.2 Å². The summed E-state index contributed by atoms with van der Waals surface area (Å²) in [5, 5.41) is 3.03. The van der Waals surface area contributed by atoms with Gasteiger partial charge in [0.25, 0.3) is 0 Å². The molecule has 2 aromatic carbocycles. The van der Waals surface area contributed by atoms with Gasteiger partial charge in [0.2, 0.25) is 5.91 Å². The van der Waals surface area contributed by atoms with Gasteiger partial charge in [-0.1, -0.05) is 23.7 Å². The average Bonchev–Trinajstić information content (AvgIpc) is 3.05. The van der Waals surface area contributed by atoms with Crippen LogP contribution in [0.15, 0.2) is 42.5 Å². The zero-order chi connectivity index (χ0) is 23.8. The number of carbonyl (C=O) groups excluding carboxylic acids is 2. The van der Waals surface area contributed by atoms with Crippen LogP contribution in [0, 0.1) is 5.92 Å². The number of benzene rings is 2. The van der Waals surface area contributed by atoms with Crippen molar-refractivity contribution in [3.8, 4) is 5.75 Å². The monoisotopic (exact) mass is 483 g/mol. The van der Waals surface area contributed by atoms with Crippen molar-refractivity contribution in [2.24, 2.45) is 5.92 Å². The van der Waals surface area contributed by atoms with Crippen molar-refractivity contribution in [2.45, 2.75) is 37.6 Å². The standard InChI is InChI=1S/C22H21ClF3N3O4/c23-15-3-1-2-4-18(15)29-12-21(33-20(29)31)9-7-13(8-10-21)19(30)28-17-11-14(5-6-16(17)27)32-22(24,25)26/h1-6,11,13H,7-10,12,27H2,(H,28,30). The summed E-state index contributed by atoms with van der Waals surface area (Å²) in [5.41, 5.74) is 5.81. The Morgan fingerprint density at radius 3 is 2.58 bits per heavy atom. The van der Waals surface area contributed by atoms with Gasteiger partial charge in [0.1, 0.15) is 11.4 Å². The molecular formula is C22H21ClF3N3O4. The second-order valence-electron chi connectivity index (χ2n) is 8.15. The van der Waals surface area contributed by atoms with E-state index < -0.39 is 29.7 Å². The van der Waals surface area contributed by atoms with Crippen LogP contribution in [0.1, 0.15) is 25.7 Å². The number of rotatable bonds is 4. The summed E-state index contributed by atoms with van der Waals surface area (Å²) in [6.07, 6.45) is -3.54. The first-order chi connectivity index (χ1) is 15.6. The Morgan fingerprint density at radius 1 is 1.21 bits per heavy atom. The molecule has 1 aliphatic heterocycles. The first-order valence-corrected chi connectivity index (χ1v) is 10.6. The molecule has 1 saturated heterocycles. The lowest BCUT2D eigenvalue weighted by Gasteiger charge is -2.34. The lowest BCUT2D eigenvalue weighted by atomic mass is 9.78. The minimum atomic E-state index is -4.86. The third-order valence-corrected chi connectivity index (χ3v) is 6.22. The van der Waals surface area contributed by atoms with E-state index in [2.05, 4.69) is 10.1 Å². The van der Waals surface area contributed by atoms with Crippen LogP contribution in [-0.2, 0) is 9.53 Å². The minimum absolute atomic E-state index is 0.0409. The number of ether oxygens (including phenoxy) is 2. The van der Waals surface area contributed by atoms with Crippen LogP contribution in [-0.4, -0.2) is 30.5 Å². The summed E-state index contributed by atoms with van der Waals surface area (Å²) in [6, 6.07) is 10.3. The number of hydrogen-bond acceptors (Lipinski definition) is 5. The van der Waals surface area contributed by atoms with E-state index in [-0.39, 0.29) is 17.3 Å². The fraction of sp³-hybridized carbons (Fsp3) is 0.364. The molecule has 0 aromatic heterocycles. The highest BCUT2D eigenvalue weighted by Crippen LogP contribution is 2.42. The summed E-state index contributed by atoms with van der Waals surface area (Å²) in [7, 11) is 0. The number of nitrogens with two attached hydrogens (primary N) is 1. The van der Waals surface area contributed by atoms with Crippen LogP contribution in [0.4, 0.5) is 35.0 Å². The Balaban J connectivity index is 1.39. The van der Waals surface area contributed by atoms with Gasteiger partial charge in [-0.15, -0.1) is 13.2 Å². The van der Waals surface area contributed by atoms with Crippen LogP contribution in [0.5, 0.6) is 5.75 Å². The van der Waals surface area contributed by atoms with E-state index in [9.17, 15) is 22.8 Å². The maximum Gasteiger partial charge on any atom is 0.573 e. The quantitative estimate of drug-likeness (QED) is 0.572. The molecule has 0 atom stereocenters. The molecular weight excluding hydrogens is 463 g/mol. The van der Waals surface area contributed by atoms with Crippen LogP contribution >= 0.6 is 11.6 Å². The molecule has 0 unspecified atom stereocenters. The third-order valence-electron chi connectivity index (χ3n) is 5.90. The minimum Gasteiger partial charge on any atom is -0.441 e. The van der Waals surface area contributed by atoms with Crippen molar-refractivity contribution in [3.63, 3.8) is 0 Å². The molecule has 0 bridgehead atoms. The van der Waals surface area contributed by atoms with Crippen molar-refractivity contribution in [1.82, 2.24) is 0 Å². The summed E-state index contributed by atoms with van der Waals surface area (Å²) in [5.74, 6) is -1.25. The number of nitrogens with zero attached hydrogens (tertiary/aromatic N) is 1. The number of nitrogen functional groups attached to an aromatic ring is 1. The smallest absolute Gasteiger partial charge is 0.441 e. The Labute approximate surface area is 192 Å². The lowest BCUT2D eigenvalue weighted by molar-refractivity contribution is -0.274. The van der Waals surface area contributed by atoms with Crippen LogP contribution < -0.4 is 20.7 Å². The third kappa shape index (κ3) is 5.11. The highest BCUT2D eigenvalue weighted by Gasteiger charge is 2.48. The maximum atomic E-state index is 12.7. The van der Waals surface area contributed by atoms with Crippen molar-refractivity contribution in [3.05, 3.63) is 47.5 Å². The van der Waals surface area contributed by atoms with Crippen molar-refractivity contribution in [1.29, 1.82) is 0 Å². The molecule has 2 amide bonds. The van der Waals surface area contributed by atoms with Gasteiger partial charge in [-0.05, 0) is 49.9 Å². The fourth-order valence-corrected chi connectivity index (χ4v) is 4.46. The molecule has 0 radical (unpaired) electrons. The van der Waals surface area contributed by atoms with Gasteiger partial charge >= 0.3 is 12.5 Å². The molecule has 3 N–H and O–H groups in total. The summed E-state index contributed by atoms with van der Waals surface area (Å²) >= 11 is 6.21. The number of para-hydroxylation sites is 1. The first kappa shape index (κ1) is 23.0. The molecule has 7 nitrogen and oxygen atoms in total. The van der Waals surface area contributed by atoms with Gasteiger partial charge in [-0.3, -0.25) is 9.69 Å². The highest BCUT2D eigenvalue weighted by molar-refractivity contribution is 6.33. The van der Waals surface area contributed by atoms with E-state index in [0.717, 1.165) is 12.1 Å². The Hall–Kier alpha value is -3.14. The van der Waals surface area contributed by atoms with E-state index >= 15 is 0 Å². The van der Waals surface area contributed by atoms with Crippen molar-refractivity contribution >= 4 is 40.7 Å². The molecule has 1 saturated carbocycles. The zero-order valence-corrected chi connectivity index (χ0v) is 18.1. The summed E-state index contributed by atoms with van der Waals surface area (Å²) in [6.45, 7) is 0.327. The molecule has 176 valence electrons. The highest BCUT2D eigenvalue weighted by atomic mass is 35.5. The Morgan fingerprint density at radius 2 is 1.91 bits per heavy atom. The first-order valence-electron chi connectivity index (χ1n) is 10.3. The van der Waals surface area contributed by atoms with E-state index in [1.807, 2.05) is 0 Å². The predicted molar refractivity (Wildman–Crippen MR) is 116 cm³/mol. The molecule has 11 heteroatoms. The molecule has 2 aliphatic rings. The molecule has 2 fully saturated rings. The second kappa shape index (κ2) is 8.66. The van der Waals surface area contributed by atoms with Crippen molar-refractivity contribution in [2.75, 3.05) is 22.5 Å². The number of amides is 2. The van der Waals surface area contributed by atoms with E-state index in [1.54, 1.807) is 24.3 Å². The van der Waals surface area contributed by atoms with Gasteiger partial charge in [0, 0.05) is 12.0 Å². The fourth-order valence-electron chi connectivity index (χ4n) is 4.22. The SMILES string of the molecule is Nc1ccc(OC(F)(F)F)cc1NC(=O)C1CCC2(CC1)CN(c1ccccc1Cl)C(=O)O2. The maximum absolute atomic E-state index is 12.7. The van der Waals surface area contributed by atoms with Crippen LogP contribution in [0.2, 0.25) is 5.02 Å². The van der Waals surface area contributed by atoms with E-state index in [4.69, 9.17) is 22.1 Å². The largest absolute Gasteiger partial charge is 0.573 e. The van der Waals surface area contributed by atoms with Gasteiger partial charge in [-0.25, -0.2) is 4.79 Å². The van der Waals surface area contributed by atoms with Crippen LogP contribution in [0.25, 0.3) is 0 Å². The lowest BCUT2D eigenvalue weighted by Crippen LogP contribution is -2.41. The van der Waals surface area contributed by atoms with Crippen LogP contribution in [0.3, 0.4) is 0 Å². The molecule has 4 rings (SSSR count). The van der Waals surface area contributed by atoms with E-state index in [0.29, 0.717) is 42.9 Å². The Bertz CT molecular complexity index is 1070. The number of hydrogen-bond donors (Lipinski definition) is 2. The summed E-state index contributed by atoms with van der Waals surface area (Å²) in [4.78, 5) is 26.7. The van der Waals surface area contributed by atoms with Gasteiger partial charge in [0.05, 0.1) is 28.6 Å². The molecule has 2 aromatic rings. The number of halogens is 4. The van der Waals surface area contributed by atoms with E-state index in [1.165, 1.54) is 11.0 Å². The molecule has 1 heterocycles. The number of nitrogens with one attached hydrogen (secondary N) is 1. The topological polar surface area (TPSA) is 93.9 Å². The predicted octanol–water partition coefficient (Wildman–Crippen LogP) is 5.35. The molecule has 1 spiro atoms. The zero-order valence-electron chi connectivity index (χ0n) is 17.3. The second-order valence-corrected chi connectivity index (χ2v) is 8.56. The number of anilines is 3. The van der Waals surface area contributed by atoms with Gasteiger partial charge in [-0.2, -0.15) is 0 Å². The molecule has 1 aliphatic carbocycles. The Kier molecular flexibility index (Phi) is 6.04. The van der Waals surface area contributed by atoms with Gasteiger partial charge < -0.3 is 20.5 Å². The summed E-state index contributed by atoms with van der Waals surface area (Å²) < 4.78 is 47.0. The average molecular weight is 484 g/mol. The molecule has 33 heavy (non-hydrogen) atoms. The number of alkyl halides is 3. The normalized spacial score (nSPS) is 22.8.